The van der Waals surface area contributed by atoms with E-state index in [0.717, 1.165) is 0 Å². The number of carboxylic acids is 1. The van der Waals surface area contributed by atoms with E-state index in [1.807, 2.05) is 0 Å². The Morgan fingerprint density at radius 2 is 1.43 bits per heavy atom. The lowest BCUT2D eigenvalue weighted by Crippen LogP contribution is -2.17. The van der Waals surface area contributed by atoms with Gasteiger partial charge < -0.3 is 5.11 Å². The van der Waals surface area contributed by atoms with Crippen molar-refractivity contribution in [2.45, 2.75) is 28.0 Å². The van der Waals surface area contributed by atoms with Gasteiger partial charge in [-0.1, -0.05) is 0 Å². The van der Waals surface area contributed by atoms with Crippen molar-refractivity contribution in [2.75, 3.05) is 0 Å². The standard InChI is InChI=1S/C10H9F3O6S2/c1-5(11)20(16,17)7-2-6(9(14)15)3-8(4-7)21(18,19)10(12)13/h2-5,10H,1H3,(H,14,15). The van der Waals surface area contributed by atoms with E-state index in [-0.39, 0.29) is 0 Å². The van der Waals surface area contributed by atoms with Gasteiger partial charge in [0.05, 0.1) is 15.4 Å². The van der Waals surface area contributed by atoms with Crippen LogP contribution in [-0.2, 0) is 19.7 Å². The summed E-state index contributed by atoms with van der Waals surface area (Å²) < 4.78 is 83.8. The minimum atomic E-state index is -5.22. The number of hydrogen-bond donors (Lipinski definition) is 1. The Morgan fingerprint density at radius 1 is 1.00 bits per heavy atom. The molecule has 1 aromatic rings. The van der Waals surface area contributed by atoms with Gasteiger partial charge in [-0.05, 0) is 25.1 Å². The summed E-state index contributed by atoms with van der Waals surface area (Å²) in [5, 5.41) is 8.77. The van der Waals surface area contributed by atoms with Crippen LogP contribution in [0.25, 0.3) is 0 Å². The Labute approximate surface area is 118 Å². The van der Waals surface area contributed by atoms with Gasteiger partial charge in [-0.25, -0.2) is 26.0 Å². The average molecular weight is 346 g/mol. The number of alkyl halides is 3. The molecule has 21 heavy (non-hydrogen) atoms. The first-order valence-electron chi connectivity index (χ1n) is 5.19. The summed E-state index contributed by atoms with van der Waals surface area (Å²) in [5.74, 6) is -5.62. The molecule has 11 heteroatoms. The summed E-state index contributed by atoms with van der Waals surface area (Å²) in [6, 6.07) is 1.18. The zero-order chi connectivity index (χ0) is 16.6. The lowest BCUT2D eigenvalue weighted by molar-refractivity contribution is 0.0696. The van der Waals surface area contributed by atoms with Crippen LogP contribution in [0.1, 0.15) is 17.3 Å². The van der Waals surface area contributed by atoms with E-state index in [4.69, 9.17) is 5.11 Å². The highest BCUT2D eigenvalue weighted by atomic mass is 32.2. The third-order valence-electron chi connectivity index (χ3n) is 2.45. The number of hydrogen-bond acceptors (Lipinski definition) is 5. The average Bonchev–Trinajstić information content (AvgIpc) is 2.37. The van der Waals surface area contributed by atoms with Crippen LogP contribution in [-0.4, -0.2) is 39.2 Å². The van der Waals surface area contributed by atoms with Crippen molar-refractivity contribution in [3.8, 4) is 0 Å². The van der Waals surface area contributed by atoms with Crippen LogP contribution in [0.3, 0.4) is 0 Å². The molecule has 0 fully saturated rings. The largest absolute Gasteiger partial charge is 0.478 e. The van der Waals surface area contributed by atoms with Crippen LogP contribution in [0.2, 0.25) is 0 Å². The first-order chi connectivity index (χ1) is 9.40. The Kier molecular flexibility index (Phi) is 4.68. The quantitative estimate of drug-likeness (QED) is 0.865. The van der Waals surface area contributed by atoms with Gasteiger partial charge in [-0.2, -0.15) is 8.78 Å². The summed E-state index contributed by atoms with van der Waals surface area (Å²) in [7, 11) is -9.91. The maximum Gasteiger partial charge on any atom is 0.341 e. The SMILES string of the molecule is CC(F)S(=O)(=O)c1cc(C(=O)O)cc(S(=O)(=O)C(F)F)c1. The fraction of sp³-hybridized carbons (Fsp3) is 0.300. The normalized spacial score (nSPS) is 14.1. The molecule has 0 aliphatic carbocycles. The maximum atomic E-state index is 13.1. The second-order valence-corrected chi connectivity index (χ2v) is 8.02. The number of rotatable bonds is 5. The molecule has 0 amide bonds. The van der Waals surface area contributed by atoms with Crippen LogP contribution in [0.15, 0.2) is 28.0 Å². The molecule has 0 saturated heterocycles. The van der Waals surface area contributed by atoms with Gasteiger partial charge in [-0.3, -0.25) is 0 Å². The van der Waals surface area contributed by atoms with Crippen molar-refractivity contribution in [2.24, 2.45) is 0 Å². The highest BCUT2D eigenvalue weighted by Gasteiger charge is 2.31. The number of halogens is 3. The summed E-state index contributed by atoms with van der Waals surface area (Å²) in [6.45, 7) is 0.629. The number of carbonyl (C=O) groups is 1. The maximum absolute atomic E-state index is 13.1. The molecular weight excluding hydrogens is 337 g/mol. The molecule has 0 spiro atoms. The summed E-state index contributed by atoms with van der Waals surface area (Å²) in [4.78, 5) is 8.61. The van der Waals surface area contributed by atoms with E-state index in [0.29, 0.717) is 25.1 Å². The van der Waals surface area contributed by atoms with Crippen LogP contribution < -0.4 is 0 Å². The number of benzene rings is 1. The molecule has 0 aliphatic heterocycles. The van der Waals surface area contributed by atoms with Crippen molar-refractivity contribution in [1.82, 2.24) is 0 Å². The second-order valence-electron chi connectivity index (χ2n) is 3.89. The van der Waals surface area contributed by atoms with Gasteiger partial charge in [0.25, 0.3) is 0 Å². The van der Waals surface area contributed by atoms with E-state index in [9.17, 15) is 34.8 Å². The highest BCUT2D eigenvalue weighted by Crippen LogP contribution is 2.26. The van der Waals surface area contributed by atoms with Crippen molar-refractivity contribution < 1.29 is 39.9 Å². The van der Waals surface area contributed by atoms with Gasteiger partial charge >= 0.3 is 11.7 Å². The van der Waals surface area contributed by atoms with Crippen molar-refractivity contribution >= 4 is 25.6 Å². The van der Waals surface area contributed by atoms with Gasteiger partial charge in [0, 0.05) is 0 Å². The molecule has 1 aromatic carbocycles. The lowest BCUT2D eigenvalue weighted by atomic mass is 10.2. The third kappa shape index (κ3) is 3.35. The third-order valence-corrected chi connectivity index (χ3v) is 5.56. The molecule has 1 N–H and O–H groups in total. The summed E-state index contributed by atoms with van der Waals surface area (Å²) >= 11 is 0. The van der Waals surface area contributed by atoms with Crippen LogP contribution >= 0.6 is 0 Å². The van der Waals surface area contributed by atoms with E-state index in [1.54, 1.807) is 0 Å². The van der Waals surface area contributed by atoms with Gasteiger partial charge in [0.2, 0.25) is 25.2 Å². The molecule has 0 bridgehead atoms. The molecule has 1 unspecified atom stereocenters. The molecular formula is C10H9F3O6S2. The molecule has 0 aliphatic rings. The van der Waals surface area contributed by atoms with Crippen LogP contribution in [0.5, 0.6) is 0 Å². The monoisotopic (exact) mass is 346 g/mol. The minimum absolute atomic E-state index is 0.305. The molecule has 1 rings (SSSR count). The Morgan fingerprint density at radius 3 is 1.76 bits per heavy atom. The van der Waals surface area contributed by atoms with E-state index in [1.165, 1.54) is 0 Å². The Hall–Kier alpha value is -1.62. The molecule has 6 nitrogen and oxygen atoms in total. The van der Waals surface area contributed by atoms with Crippen molar-refractivity contribution in [3.63, 3.8) is 0 Å². The summed E-state index contributed by atoms with van der Waals surface area (Å²) in [5.41, 5.74) is -3.33. The Balaban J connectivity index is 3.73. The van der Waals surface area contributed by atoms with Crippen LogP contribution in [0, 0.1) is 0 Å². The van der Waals surface area contributed by atoms with Crippen LogP contribution in [0.4, 0.5) is 13.2 Å². The zero-order valence-electron chi connectivity index (χ0n) is 10.3. The molecule has 0 aromatic heterocycles. The second kappa shape index (κ2) is 5.64. The minimum Gasteiger partial charge on any atom is -0.478 e. The van der Waals surface area contributed by atoms with Crippen molar-refractivity contribution in [3.05, 3.63) is 23.8 Å². The first kappa shape index (κ1) is 17.4. The fourth-order valence-corrected chi connectivity index (χ4v) is 3.13. The predicted molar refractivity (Wildman–Crippen MR) is 64.3 cm³/mol. The zero-order valence-corrected chi connectivity index (χ0v) is 12.0. The lowest BCUT2D eigenvalue weighted by Gasteiger charge is -2.10. The fourth-order valence-electron chi connectivity index (χ4n) is 1.31. The molecule has 0 radical (unpaired) electrons. The molecule has 0 saturated carbocycles. The number of aromatic carboxylic acids is 1. The van der Waals surface area contributed by atoms with Gasteiger partial charge in [-0.15, -0.1) is 0 Å². The van der Waals surface area contributed by atoms with Crippen molar-refractivity contribution in [1.29, 1.82) is 0 Å². The van der Waals surface area contributed by atoms with Gasteiger partial charge in [0.1, 0.15) is 0 Å². The number of carboxylic acid groups (broad SMARTS) is 1. The Bertz CT molecular complexity index is 712. The first-order valence-corrected chi connectivity index (χ1v) is 8.28. The molecule has 118 valence electrons. The van der Waals surface area contributed by atoms with Gasteiger partial charge in [0.15, 0.2) is 0 Å². The molecule has 0 heterocycles. The number of sulfone groups is 2. The summed E-state index contributed by atoms with van der Waals surface area (Å²) in [6.07, 6.45) is 0. The highest BCUT2D eigenvalue weighted by molar-refractivity contribution is 7.92. The van der Waals surface area contributed by atoms with E-state index < -0.39 is 52.3 Å². The predicted octanol–water partition coefficient (Wildman–Crippen LogP) is 1.47. The van der Waals surface area contributed by atoms with E-state index >= 15 is 0 Å². The smallest absolute Gasteiger partial charge is 0.341 e. The molecule has 1 atom stereocenters. The van der Waals surface area contributed by atoms with E-state index in [2.05, 4.69) is 0 Å². The topological polar surface area (TPSA) is 106 Å².